The third kappa shape index (κ3) is 4.42. The van der Waals surface area contributed by atoms with Gasteiger partial charge in [-0.1, -0.05) is 26.8 Å². The Kier molecular flexibility index (Phi) is 5.75. The van der Waals surface area contributed by atoms with E-state index < -0.39 is 0 Å². The first-order valence-electron chi connectivity index (χ1n) is 9.62. The smallest absolute Gasteiger partial charge is 0.255 e. The van der Waals surface area contributed by atoms with E-state index in [9.17, 15) is 9.59 Å². The van der Waals surface area contributed by atoms with Gasteiger partial charge in [0.15, 0.2) is 0 Å². The fraction of sp³-hybridized carbons (Fsp3) is 0.619. The summed E-state index contributed by atoms with van der Waals surface area (Å²) in [7, 11) is 1.61. The predicted molar refractivity (Wildman–Crippen MR) is 109 cm³/mol. The van der Waals surface area contributed by atoms with Gasteiger partial charge in [0.2, 0.25) is 5.91 Å². The number of hydrogen-bond acceptors (Lipinski definition) is 4. The Morgan fingerprint density at radius 1 is 1.19 bits per heavy atom. The maximum atomic E-state index is 13.2. The van der Waals surface area contributed by atoms with Gasteiger partial charge in [-0.15, -0.1) is 11.8 Å². The van der Waals surface area contributed by atoms with E-state index in [1.807, 2.05) is 39.8 Å². The minimum Gasteiger partial charge on any atom is -0.497 e. The summed E-state index contributed by atoms with van der Waals surface area (Å²) >= 11 is 1.87. The molecule has 0 radical (unpaired) electrons. The SMILES string of the molecule is COc1cccc(C(=O)N2CCSC23CCN(C(=O)CC(C)(C)C)CC3)c1. The lowest BCUT2D eigenvalue weighted by atomic mass is 9.91. The van der Waals surface area contributed by atoms with Crippen molar-refractivity contribution in [3.8, 4) is 5.75 Å². The van der Waals surface area contributed by atoms with Crippen LogP contribution in [-0.4, -0.2) is 59.0 Å². The van der Waals surface area contributed by atoms with Crippen molar-refractivity contribution in [3.05, 3.63) is 29.8 Å². The van der Waals surface area contributed by atoms with Crippen molar-refractivity contribution in [2.75, 3.05) is 32.5 Å². The quantitative estimate of drug-likeness (QED) is 0.791. The number of ether oxygens (including phenoxy) is 1. The Labute approximate surface area is 166 Å². The summed E-state index contributed by atoms with van der Waals surface area (Å²) in [4.78, 5) is 29.5. The van der Waals surface area contributed by atoms with Crippen LogP contribution in [0.5, 0.6) is 5.75 Å². The van der Waals surface area contributed by atoms with Crippen LogP contribution in [0.2, 0.25) is 0 Å². The molecular weight excluding hydrogens is 360 g/mol. The second-order valence-electron chi connectivity index (χ2n) is 8.60. The van der Waals surface area contributed by atoms with Crippen LogP contribution in [0.1, 0.15) is 50.4 Å². The standard InChI is InChI=1S/C21H30N2O3S/c1-20(2,3)15-18(24)22-10-8-21(9-11-22)23(12-13-27-21)19(25)16-6-5-7-17(14-16)26-4/h5-7,14H,8-13,15H2,1-4H3. The lowest BCUT2D eigenvalue weighted by Crippen LogP contribution is -2.53. The minimum absolute atomic E-state index is 0.00267. The highest BCUT2D eigenvalue weighted by Gasteiger charge is 2.47. The summed E-state index contributed by atoms with van der Waals surface area (Å²) in [6, 6.07) is 7.37. The van der Waals surface area contributed by atoms with E-state index in [-0.39, 0.29) is 22.1 Å². The maximum absolute atomic E-state index is 13.2. The van der Waals surface area contributed by atoms with E-state index in [0.717, 1.165) is 38.2 Å². The summed E-state index contributed by atoms with van der Waals surface area (Å²) < 4.78 is 5.26. The molecule has 3 rings (SSSR count). The predicted octanol–water partition coefficient (Wildman–Crippen LogP) is 3.64. The van der Waals surface area contributed by atoms with Crippen LogP contribution in [0.3, 0.4) is 0 Å². The molecule has 0 saturated carbocycles. The molecule has 0 aromatic heterocycles. The summed E-state index contributed by atoms with van der Waals surface area (Å²) in [6.07, 6.45) is 2.24. The number of likely N-dealkylation sites (tertiary alicyclic amines) is 1. The Morgan fingerprint density at radius 2 is 1.89 bits per heavy atom. The topological polar surface area (TPSA) is 49.9 Å². The molecule has 0 unspecified atom stereocenters. The highest BCUT2D eigenvalue weighted by Crippen LogP contribution is 2.44. The van der Waals surface area contributed by atoms with E-state index in [0.29, 0.717) is 17.7 Å². The van der Waals surface area contributed by atoms with Crippen LogP contribution in [0.4, 0.5) is 0 Å². The van der Waals surface area contributed by atoms with E-state index in [4.69, 9.17) is 4.74 Å². The summed E-state index contributed by atoms with van der Waals surface area (Å²) in [5.41, 5.74) is 0.672. The van der Waals surface area contributed by atoms with Gasteiger partial charge >= 0.3 is 0 Å². The molecule has 1 aromatic carbocycles. The van der Waals surface area contributed by atoms with Gasteiger partial charge in [0.1, 0.15) is 5.75 Å². The van der Waals surface area contributed by atoms with Crippen molar-refractivity contribution in [2.24, 2.45) is 5.41 Å². The summed E-state index contributed by atoms with van der Waals surface area (Å²) in [6.45, 7) is 8.50. The average molecular weight is 391 g/mol. The van der Waals surface area contributed by atoms with Crippen molar-refractivity contribution in [1.29, 1.82) is 0 Å². The lowest BCUT2D eigenvalue weighted by Gasteiger charge is -2.44. The molecule has 0 bridgehead atoms. The largest absolute Gasteiger partial charge is 0.497 e. The summed E-state index contributed by atoms with van der Waals surface area (Å²) in [5, 5.41) is 0. The molecule has 2 heterocycles. The zero-order chi connectivity index (χ0) is 19.7. The normalized spacial score (nSPS) is 19.4. The molecule has 0 aliphatic carbocycles. The Balaban J connectivity index is 1.69. The number of nitrogens with zero attached hydrogens (tertiary/aromatic N) is 2. The van der Waals surface area contributed by atoms with Gasteiger partial charge in [-0.25, -0.2) is 0 Å². The van der Waals surface area contributed by atoms with E-state index in [1.54, 1.807) is 13.2 Å². The van der Waals surface area contributed by atoms with Crippen LogP contribution in [0.15, 0.2) is 24.3 Å². The molecule has 0 N–H and O–H groups in total. The van der Waals surface area contributed by atoms with Gasteiger partial charge in [0, 0.05) is 37.4 Å². The number of thioether (sulfide) groups is 1. The number of benzene rings is 1. The molecule has 2 aliphatic heterocycles. The van der Waals surface area contributed by atoms with Crippen LogP contribution < -0.4 is 4.74 Å². The molecule has 2 aliphatic rings. The van der Waals surface area contributed by atoms with Gasteiger partial charge in [0.25, 0.3) is 5.91 Å². The minimum atomic E-state index is -0.182. The van der Waals surface area contributed by atoms with Gasteiger partial charge in [-0.3, -0.25) is 9.59 Å². The van der Waals surface area contributed by atoms with Crippen LogP contribution in [-0.2, 0) is 4.79 Å². The number of hydrogen-bond donors (Lipinski definition) is 0. The molecule has 148 valence electrons. The van der Waals surface area contributed by atoms with E-state index in [1.165, 1.54) is 0 Å². The molecule has 2 fully saturated rings. The van der Waals surface area contributed by atoms with Crippen LogP contribution in [0.25, 0.3) is 0 Å². The first-order chi connectivity index (χ1) is 12.7. The number of piperidine rings is 1. The average Bonchev–Trinajstić information content (AvgIpc) is 3.03. The van der Waals surface area contributed by atoms with Gasteiger partial charge in [-0.05, 0) is 36.5 Å². The zero-order valence-electron chi connectivity index (χ0n) is 16.8. The summed E-state index contributed by atoms with van der Waals surface area (Å²) in [5.74, 6) is 1.94. The van der Waals surface area contributed by atoms with Crippen molar-refractivity contribution in [2.45, 2.75) is 44.9 Å². The zero-order valence-corrected chi connectivity index (χ0v) is 17.6. The molecular formula is C21H30N2O3S. The van der Waals surface area contributed by atoms with Crippen molar-refractivity contribution < 1.29 is 14.3 Å². The Bertz CT molecular complexity index is 706. The second kappa shape index (κ2) is 7.74. The molecule has 0 atom stereocenters. The van der Waals surface area contributed by atoms with Crippen molar-refractivity contribution in [3.63, 3.8) is 0 Å². The number of rotatable bonds is 3. The first-order valence-corrected chi connectivity index (χ1v) is 10.6. The fourth-order valence-corrected chi connectivity index (χ4v) is 5.35. The Hall–Kier alpha value is -1.69. The van der Waals surface area contributed by atoms with Gasteiger partial charge in [-0.2, -0.15) is 0 Å². The molecule has 27 heavy (non-hydrogen) atoms. The third-order valence-corrected chi connectivity index (χ3v) is 6.87. The molecule has 2 amide bonds. The Morgan fingerprint density at radius 3 is 2.52 bits per heavy atom. The number of carbonyl (C=O) groups excluding carboxylic acids is 2. The van der Waals surface area contributed by atoms with E-state index >= 15 is 0 Å². The first kappa shape index (κ1) is 20.1. The fourth-order valence-electron chi connectivity index (χ4n) is 3.89. The molecule has 1 aromatic rings. The molecule has 6 heteroatoms. The second-order valence-corrected chi connectivity index (χ2v) is 10.1. The number of methoxy groups -OCH3 is 1. The molecule has 2 saturated heterocycles. The number of amides is 2. The van der Waals surface area contributed by atoms with Crippen LogP contribution in [0, 0.1) is 5.41 Å². The lowest BCUT2D eigenvalue weighted by molar-refractivity contribution is -0.134. The third-order valence-electron chi connectivity index (χ3n) is 5.32. The number of carbonyl (C=O) groups is 2. The van der Waals surface area contributed by atoms with Crippen molar-refractivity contribution >= 4 is 23.6 Å². The van der Waals surface area contributed by atoms with Gasteiger partial charge < -0.3 is 14.5 Å². The monoisotopic (exact) mass is 390 g/mol. The van der Waals surface area contributed by atoms with E-state index in [2.05, 4.69) is 20.8 Å². The molecule has 1 spiro atoms. The van der Waals surface area contributed by atoms with Crippen LogP contribution >= 0.6 is 11.8 Å². The maximum Gasteiger partial charge on any atom is 0.255 e. The highest BCUT2D eigenvalue weighted by atomic mass is 32.2. The molecule has 5 nitrogen and oxygen atoms in total. The van der Waals surface area contributed by atoms with Crippen molar-refractivity contribution in [1.82, 2.24) is 9.80 Å². The highest BCUT2D eigenvalue weighted by molar-refractivity contribution is 8.00. The van der Waals surface area contributed by atoms with Gasteiger partial charge in [0.05, 0.1) is 12.0 Å².